The molecule has 6 heteroatoms. The molecule has 0 bridgehead atoms. The molecule has 0 spiro atoms. The fraction of sp³-hybridized carbons (Fsp3) is 0.200. The van der Waals surface area contributed by atoms with E-state index in [1.807, 2.05) is 6.07 Å². The number of methoxy groups -OCH3 is 1. The molecule has 0 aliphatic carbocycles. The first-order chi connectivity index (χ1) is 10.0. The summed E-state index contributed by atoms with van der Waals surface area (Å²) in [7, 11) is 1.58. The average Bonchev–Trinajstić information content (AvgIpc) is 2.80. The molecule has 0 aliphatic heterocycles. The van der Waals surface area contributed by atoms with E-state index in [0.29, 0.717) is 17.2 Å². The van der Waals surface area contributed by atoms with E-state index in [4.69, 9.17) is 9.84 Å². The van der Waals surface area contributed by atoms with Crippen LogP contribution in [0.3, 0.4) is 0 Å². The molecule has 0 aliphatic rings. The molecule has 1 heterocycles. The van der Waals surface area contributed by atoms with Gasteiger partial charge < -0.3 is 15.2 Å². The summed E-state index contributed by atoms with van der Waals surface area (Å²) < 4.78 is 5.03. The van der Waals surface area contributed by atoms with E-state index in [-0.39, 0.29) is 11.5 Å². The second-order valence-electron chi connectivity index (χ2n) is 4.49. The van der Waals surface area contributed by atoms with Crippen molar-refractivity contribution in [2.24, 2.45) is 0 Å². The third-order valence-electron chi connectivity index (χ3n) is 2.81. The lowest BCUT2D eigenvalue weighted by molar-refractivity contribution is 0.0698. The van der Waals surface area contributed by atoms with Gasteiger partial charge >= 0.3 is 5.97 Å². The summed E-state index contributed by atoms with van der Waals surface area (Å²) in [5.41, 5.74) is 1.46. The molecular formula is C15H15NO4S. The fourth-order valence-corrected chi connectivity index (χ4v) is 2.81. The Hall–Kier alpha value is -2.18. The van der Waals surface area contributed by atoms with Crippen LogP contribution in [0.4, 0.5) is 5.00 Å². The predicted molar refractivity (Wildman–Crippen MR) is 81.1 cm³/mol. The maximum absolute atomic E-state index is 12.2. The predicted octanol–water partition coefficient (Wildman–Crippen LogP) is 3.15. The Morgan fingerprint density at radius 3 is 2.76 bits per heavy atom. The van der Waals surface area contributed by atoms with Crippen molar-refractivity contribution in [2.45, 2.75) is 13.5 Å². The van der Waals surface area contributed by atoms with Crippen LogP contribution in [0.1, 0.15) is 31.2 Å². The van der Waals surface area contributed by atoms with Crippen molar-refractivity contribution < 1.29 is 19.4 Å². The summed E-state index contributed by atoms with van der Waals surface area (Å²) in [5, 5.41) is 12.1. The van der Waals surface area contributed by atoms with Gasteiger partial charge in [-0.2, -0.15) is 0 Å². The number of aryl methyl sites for hydroxylation is 1. The number of carbonyl (C=O) groups is 2. The Morgan fingerprint density at radius 2 is 2.10 bits per heavy atom. The zero-order valence-corrected chi connectivity index (χ0v) is 12.5. The number of nitrogens with one attached hydrogen (secondary N) is 1. The second kappa shape index (κ2) is 6.51. The molecule has 2 aromatic rings. The summed E-state index contributed by atoms with van der Waals surface area (Å²) in [5.74, 6) is -1.39. The van der Waals surface area contributed by atoms with Crippen molar-refractivity contribution in [3.05, 3.63) is 51.9 Å². The van der Waals surface area contributed by atoms with Gasteiger partial charge in [-0.15, -0.1) is 11.3 Å². The van der Waals surface area contributed by atoms with Gasteiger partial charge in [0.25, 0.3) is 5.91 Å². The molecule has 110 valence electrons. The van der Waals surface area contributed by atoms with Gasteiger partial charge in [-0.05, 0) is 30.7 Å². The highest BCUT2D eigenvalue weighted by Crippen LogP contribution is 2.28. The third-order valence-corrected chi connectivity index (χ3v) is 3.78. The topological polar surface area (TPSA) is 75.6 Å². The van der Waals surface area contributed by atoms with Gasteiger partial charge in [0, 0.05) is 17.6 Å². The van der Waals surface area contributed by atoms with Gasteiger partial charge in [0.1, 0.15) is 5.00 Å². The number of ether oxygens (including phenoxy) is 1. The highest BCUT2D eigenvalue weighted by molar-refractivity contribution is 7.16. The summed E-state index contributed by atoms with van der Waals surface area (Å²) in [6.07, 6.45) is 0. The number of thiophene rings is 1. The molecule has 0 radical (unpaired) electrons. The van der Waals surface area contributed by atoms with Gasteiger partial charge in [-0.3, -0.25) is 4.79 Å². The molecular weight excluding hydrogens is 290 g/mol. The second-order valence-corrected chi connectivity index (χ2v) is 5.75. The quantitative estimate of drug-likeness (QED) is 0.889. The Bertz CT molecular complexity index is 678. The summed E-state index contributed by atoms with van der Waals surface area (Å²) in [4.78, 5) is 24.2. The van der Waals surface area contributed by atoms with E-state index < -0.39 is 5.97 Å². The van der Waals surface area contributed by atoms with Crippen LogP contribution in [-0.2, 0) is 11.3 Å². The van der Waals surface area contributed by atoms with Crippen LogP contribution in [0.25, 0.3) is 0 Å². The van der Waals surface area contributed by atoms with Crippen LogP contribution < -0.4 is 5.32 Å². The van der Waals surface area contributed by atoms with Crippen LogP contribution in [0.5, 0.6) is 0 Å². The average molecular weight is 305 g/mol. The van der Waals surface area contributed by atoms with Crippen LogP contribution in [-0.4, -0.2) is 24.1 Å². The maximum atomic E-state index is 12.2. The highest BCUT2D eigenvalue weighted by atomic mass is 32.1. The van der Waals surface area contributed by atoms with Gasteiger partial charge in [0.2, 0.25) is 0 Å². The van der Waals surface area contributed by atoms with Crippen LogP contribution in [0.15, 0.2) is 30.3 Å². The van der Waals surface area contributed by atoms with Crippen LogP contribution in [0, 0.1) is 6.92 Å². The number of rotatable bonds is 5. The molecule has 0 atom stereocenters. The fourth-order valence-electron chi connectivity index (χ4n) is 1.91. The van der Waals surface area contributed by atoms with E-state index in [1.165, 1.54) is 11.3 Å². The van der Waals surface area contributed by atoms with Crippen molar-refractivity contribution in [1.29, 1.82) is 0 Å². The number of benzene rings is 1. The van der Waals surface area contributed by atoms with Gasteiger partial charge in [0.05, 0.1) is 12.2 Å². The SMILES string of the molecule is COCc1cccc(C(=O)Nc2sc(C)cc2C(=O)O)c1. The van der Waals surface area contributed by atoms with Crippen molar-refractivity contribution in [1.82, 2.24) is 0 Å². The van der Waals surface area contributed by atoms with Gasteiger partial charge in [-0.25, -0.2) is 4.79 Å². The van der Waals surface area contributed by atoms with E-state index in [2.05, 4.69) is 5.32 Å². The number of hydrogen-bond donors (Lipinski definition) is 2. The van der Waals surface area contributed by atoms with E-state index >= 15 is 0 Å². The van der Waals surface area contributed by atoms with Crippen molar-refractivity contribution in [3.63, 3.8) is 0 Å². The summed E-state index contributed by atoms with van der Waals surface area (Å²) >= 11 is 1.24. The Kier molecular flexibility index (Phi) is 4.72. The Balaban J connectivity index is 2.22. The molecule has 1 aromatic carbocycles. The molecule has 0 saturated heterocycles. The smallest absolute Gasteiger partial charge is 0.338 e. The number of hydrogen-bond acceptors (Lipinski definition) is 4. The van der Waals surface area contributed by atoms with Crippen molar-refractivity contribution in [3.8, 4) is 0 Å². The largest absolute Gasteiger partial charge is 0.478 e. The van der Waals surface area contributed by atoms with Crippen molar-refractivity contribution in [2.75, 3.05) is 12.4 Å². The number of carboxylic acid groups (broad SMARTS) is 1. The van der Waals surface area contributed by atoms with E-state index in [9.17, 15) is 9.59 Å². The molecule has 0 saturated carbocycles. The zero-order chi connectivity index (χ0) is 15.4. The Labute approximate surface area is 126 Å². The standard InChI is InChI=1S/C15H15NO4S/c1-9-6-12(15(18)19)14(21-9)16-13(17)11-5-3-4-10(7-11)8-20-2/h3-7H,8H2,1-2H3,(H,16,17)(H,18,19). The van der Waals surface area contributed by atoms with E-state index in [0.717, 1.165) is 10.4 Å². The summed E-state index contributed by atoms with van der Waals surface area (Å²) in [6, 6.07) is 8.57. The molecule has 2 N–H and O–H groups in total. The van der Waals surface area contributed by atoms with Gasteiger partial charge in [0.15, 0.2) is 0 Å². The molecule has 5 nitrogen and oxygen atoms in total. The molecule has 0 fully saturated rings. The molecule has 2 rings (SSSR count). The number of carbonyl (C=O) groups excluding carboxylic acids is 1. The normalized spacial score (nSPS) is 10.4. The minimum atomic E-state index is -1.05. The molecule has 1 aromatic heterocycles. The minimum Gasteiger partial charge on any atom is -0.478 e. The van der Waals surface area contributed by atoms with Crippen LogP contribution in [0.2, 0.25) is 0 Å². The first-order valence-electron chi connectivity index (χ1n) is 6.24. The van der Waals surface area contributed by atoms with Crippen LogP contribution >= 0.6 is 11.3 Å². The minimum absolute atomic E-state index is 0.110. The monoisotopic (exact) mass is 305 g/mol. The van der Waals surface area contributed by atoms with E-state index in [1.54, 1.807) is 38.3 Å². The Morgan fingerprint density at radius 1 is 1.33 bits per heavy atom. The third kappa shape index (κ3) is 3.68. The first-order valence-corrected chi connectivity index (χ1v) is 7.06. The lowest BCUT2D eigenvalue weighted by Crippen LogP contribution is -2.13. The lowest BCUT2D eigenvalue weighted by atomic mass is 10.1. The van der Waals surface area contributed by atoms with Gasteiger partial charge in [-0.1, -0.05) is 12.1 Å². The number of amides is 1. The number of anilines is 1. The number of carboxylic acids is 1. The summed E-state index contributed by atoms with van der Waals surface area (Å²) in [6.45, 7) is 2.21. The maximum Gasteiger partial charge on any atom is 0.338 e. The highest BCUT2D eigenvalue weighted by Gasteiger charge is 2.16. The molecule has 1 amide bonds. The number of aromatic carboxylic acids is 1. The first kappa shape index (κ1) is 15.2. The molecule has 21 heavy (non-hydrogen) atoms. The lowest BCUT2D eigenvalue weighted by Gasteiger charge is -2.06. The molecule has 0 unspecified atom stereocenters. The zero-order valence-electron chi connectivity index (χ0n) is 11.7. The van der Waals surface area contributed by atoms with Crippen molar-refractivity contribution >= 4 is 28.2 Å².